The van der Waals surface area contributed by atoms with Gasteiger partial charge in [0.1, 0.15) is 5.69 Å². The Kier molecular flexibility index (Phi) is 6.34. The summed E-state index contributed by atoms with van der Waals surface area (Å²) in [5.41, 5.74) is 1.78. The SMILES string of the molecule is CCCNS(=O)NC1CCC(c2[nH]nc(-c3ccccc3)c2F)CC1. The molecule has 0 amide bonds. The van der Waals surface area contributed by atoms with E-state index in [1.807, 2.05) is 37.3 Å². The largest absolute Gasteiger partial charge is 0.279 e. The quantitative estimate of drug-likeness (QED) is 0.705. The lowest BCUT2D eigenvalue weighted by atomic mass is 9.84. The van der Waals surface area contributed by atoms with Gasteiger partial charge in [0.25, 0.3) is 0 Å². The Morgan fingerprint density at radius 1 is 1.24 bits per heavy atom. The molecule has 1 aliphatic rings. The van der Waals surface area contributed by atoms with Crippen LogP contribution in [0.2, 0.25) is 0 Å². The van der Waals surface area contributed by atoms with E-state index in [4.69, 9.17) is 0 Å². The summed E-state index contributed by atoms with van der Waals surface area (Å²) in [5.74, 6) is -0.101. The van der Waals surface area contributed by atoms with Crippen molar-refractivity contribution in [1.82, 2.24) is 19.6 Å². The van der Waals surface area contributed by atoms with Crippen LogP contribution in [0.4, 0.5) is 4.39 Å². The van der Waals surface area contributed by atoms with E-state index in [-0.39, 0.29) is 17.8 Å². The molecule has 7 heteroatoms. The average Bonchev–Trinajstić information content (AvgIpc) is 3.03. The molecule has 1 atom stereocenters. The molecule has 25 heavy (non-hydrogen) atoms. The minimum atomic E-state index is -1.19. The van der Waals surface area contributed by atoms with Crippen LogP contribution in [0.25, 0.3) is 11.3 Å². The summed E-state index contributed by atoms with van der Waals surface area (Å²) in [6, 6.07) is 9.61. The van der Waals surface area contributed by atoms with Gasteiger partial charge in [0.15, 0.2) is 17.0 Å². The van der Waals surface area contributed by atoms with Crippen LogP contribution in [0.15, 0.2) is 30.3 Å². The molecule has 1 aromatic carbocycles. The van der Waals surface area contributed by atoms with Crippen molar-refractivity contribution in [2.75, 3.05) is 6.54 Å². The number of H-pyrrole nitrogens is 1. The van der Waals surface area contributed by atoms with Crippen molar-refractivity contribution >= 4 is 11.2 Å². The van der Waals surface area contributed by atoms with Gasteiger partial charge in [0.2, 0.25) is 0 Å². The molecule has 1 fully saturated rings. The van der Waals surface area contributed by atoms with Crippen LogP contribution in [0.3, 0.4) is 0 Å². The first-order chi connectivity index (χ1) is 12.2. The Labute approximate surface area is 150 Å². The van der Waals surface area contributed by atoms with Crippen LogP contribution in [-0.2, 0) is 11.2 Å². The van der Waals surface area contributed by atoms with E-state index in [0.717, 1.165) is 44.2 Å². The molecule has 0 aliphatic heterocycles. The molecule has 136 valence electrons. The van der Waals surface area contributed by atoms with Gasteiger partial charge in [0, 0.05) is 24.1 Å². The van der Waals surface area contributed by atoms with Gasteiger partial charge in [-0.2, -0.15) is 5.10 Å². The summed E-state index contributed by atoms with van der Waals surface area (Å²) in [6.45, 7) is 2.77. The second-order valence-electron chi connectivity index (χ2n) is 6.50. The maximum Gasteiger partial charge on any atom is 0.172 e. The van der Waals surface area contributed by atoms with Gasteiger partial charge in [-0.15, -0.1) is 0 Å². The molecule has 3 rings (SSSR count). The fourth-order valence-electron chi connectivity index (χ4n) is 3.29. The van der Waals surface area contributed by atoms with Crippen molar-refractivity contribution < 1.29 is 8.60 Å². The highest BCUT2D eigenvalue weighted by Crippen LogP contribution is 2.35. The number of hydrogen-bond donors (Lipinski definition) is 3. The number of hydrogen-bond acceptors (Lipinski definition) is 2. The molecule has 0 radical (unpaired) electrons. The lowest BCUT2D eigenvalue weighted by Crippen LogP contribution is -2.40. The normalized spacial score (nSPS) is 22.0. The monoisotopic (exact) mass is 364 g/mol. The fourth-order valence-corrected chi connectivity index (χ4v) is 4.30. The maximum absolute atomic E-state index is 14.8. The Morgan fingerprint density at radius 3 is 2.64 bits per heavy atom. The van der Waals surface area contributed by atoms with Crippen molar-refractivity contribution in [1.29, 1.82) is 0 Å². The van der Waals surface area contributed by atoms with E-state index in [9.17, 15) is 8.60 Å². The zero-order chi connectivity index (χ0) is 17.6. The number of benzene rings is 1. The topological polar surface area (TPSA) is 69.8 Å². The third kappa shape index (κ3) is 4.54. The van der Waals surface area contributed by atoms with Crippen LogP contribution in [0, 0.1) is 5.82 Å². The molecule has 1 aliphatic carbocycles. The van der Waals surface area contributed by atoms with E-state index < -0.39 is 11.2 Å². The first kappa shape index (κ1) is 18.2. The molecular formula is C18H25FN4OS. The van der Waals surface area contributed by atoms with Gasteiger partial charge < -0.3 is 0 Å². The third-order valence-electron chi connectivity index (χ3n) is 4.67. The Hall–Kier alpha value is -1.57. The minimum Gasteiger partial charge on any atom is -0.279 e. The van der Waals surface area contributed by atoms with Gasteiger partial charge in [-0.25, -0.2) is 18.0 Å². The van der Waals surface area contributed by atoms with Crippen LogP contribution in [0.5, 0.6) is 0 Å². The Bertz CT molecular complexity index is 698. The summed E-state index contributed by atoms with van der Waals surface area (Å²) in [7, 11) is 0. The molecular weight excluding hydrogens is 339 g/mol. The number of nitrogens with one attached hydrogen (secondary N) is 3. The van der Waals surface area contributed by atoms with Gasteiger partial charge >= 0.3 is 0 Å². The lowest BCUT2D eigenvalue weighted by Gasteiger charge is -2.28. The summed E-state index contributed by atoms with van der Waals surface area (Å²) >= 11 is -1.19. The first-order valence-electron chi connectivity index (χ1n) is 8.89. The van der Waals surface area contributed by atoms with Gasteiger partial charge in [-0.3, -0.25) is 5.10 Å². The number of halogens is 1. The number of aromatic amines is 1. The third-order valence-corrected chi connectivity index (χ3v) is 5.69. The molecule has 0 saturated heterocycles. The zero-order valence-corrected chi connectivity index (χ0v) is 15.2. The van der Waals surface area contributed by atoms with E-state index in [0.29, 0.717) is 11.4 Å². The molecule has 2 aromatic rings. The highest BCUT2D eigenvalue weighted by Gasteiger charge is 2.28. The molecule has 3 N–H and O–H groups in total. The van der Waals surface area contributed by atoms with E-state index in [1.54, 1.807) is 0 Å². The molecule has 1 unspecified atom stereocenters. The van der Waals surface area contributed by atoms with Gasteiger partial charge in [-0.05, 0) is 32.1 Å². The Morgan fingerprint density at radius 2 is 1.96 bits per heavy atom. The summed E-state index contributed by atoms with van der Waals surface area (Å²) < 4.78 is 32.7. The predicted molar refractivity (Wildman–Crippen MR) is 98.6 cm³/mol. The van der Waals surface area contributed by atoms with Crippen molar-refractivity contribution in [3.63, 3.8) is 0 Å². The van der Waals surface area contributed by atoms with E-state index in [1.165, 1.54) is 0 Å². The molecule has 1 aromatic heterocycles. The second kappa shape index (κ2) is 8.69. The predicted octanol–water partition coefficient (Wildman–Crippen LogP) is 3.41. The fraction of sp³-hybridized carbons (Fsp3) is 0.500. The summed E-state index contributed by atoms with van der Waals surface area (Å²) in [5, 5.41) is 7.10. The highest BCUT2D eigenvalue weighted by molar-refractivity contribution is 7.81. The second-order valence-corrected chi connectivity index (χ2v) is 7.56. The van der Waals surface area contributed by atoms with E-state index >= 15 is 0 Å². The van der Waals surface area contributed by atoms with Crippen molar-refractivity contribution in [2.24, 2.45) is 0 Å². The Balaban J connectivity index is 1.59. The van der Waals surface area contributed by atoms with Crippen molar-refractivity contribution in [3.8, 4) is 11.3 Å². The molecule has 1 heterocycles. The number of aromatic nitrogens is 2. The van der Waals surface area contributed by atoms with Crippen LogP contribution in [0.1, 0.15) is 50.6 Å². The average molecular weight is 364 g/mol. The van der Waals surface area contributed by atoms with Crippen molar-refractivity contribution in [3.05, 3.63) is 41.8 Å². The van der Waals surface area contributed by atoms with Crippen LogP contribution >= 0.6 is 0 Å². The van der Waals surface area contributed by atoms with Crippen LogP contribution < -0.4 is 9.44 Å². The minimum absolute atomic E-state index is 0.139. The standard InChI is InChI=1S/C18H25FN4OS/c1-2-12-20-25(24)23-15-10-8-14(9-11-15)18-16(19)17(21-22-18)13-6-4-3-5-7-13/h3-7,14-15,20,23H,2,8-12H2,1H3,(H,21,22). The molecule has 5 nitrogen and oxygen atoms in total. The lowest BCUT2D eigenvalue weighted by molar-refractivity contribution is 0.366. The van der Waals surface area contributed by atoms with E-state index in [2.05, 4.69) is 19.6 Å². The van der Waals surface area contributed by atoms with Crippen LogP contribution in [-0.4, -0.2) is 27.0 Å². The maximum atomic E-state index is 14.8. The molecule has 0 spiro atoms. The number of rotatable bonds is 7. The summed E-state index contributed by atoms with van der Waals surface area (Å²) in [4.78, 5) is 0. The van der Waals surface area contributed by atoms with Gasteiger partial charge in [-0.1, -0.05) is 37.3 Å². The molecule has 0 bridgehead atoms. The first-order valence-corrected chi connectivity index (χ1v) is 10.0. The highest BCUT2D eigenvalue weighted by atomic mass is 32.2. The number of nitrogens with zero attached hydrogens (tertiary/aromatic N) is 1. The van der Waals surface area contributed by atoms with Crippen molar-refractivity contribution in [2.45, 2.75) is 51.0 Å². The summed E-state index contributed by atoms with van der Waals surface area (Å²) in [6.07, 6.45) is 4.42. The van der Waals surface area contributed by atoms with Gasteiger partial charge in [0.05, 0.1) is 5.69 Å². The zero-order valence-electron chi connectivity index (χ0n) is 14.4. The molecule has 1 saturated carbocycles. The smallest absolute Gasteiger partial charge is 0.172 e.